The van der Waals surface area contributed by atoms with Crippen molar-refractivity contribution < 1.29 is 0 Å². The van der Waals surface area contributed by atoms with Crippen molar-refractivity contribution in [1.82, 2.24) is 0 Å². The third-order valence-electron chi connectivity index (χ3n) is 3.29. The number of nitrogens with zero attached hydrogens (tertiary/aromatic N) is 1. The van der Waals surface area contributed by atoms with Gasteiger partial charge in [-0.3, -0.25) is 0 Å². The van der Waals surface area contributed by atoms with E-state index in [-0.39, 0.29) is 0 Å². The average Bonchev–Trinajstić information content (AvgIpc) is 2.46. The van der Waals surface area contributed by atoms with E-state index in [0.29, 0.717) is 6.04 Å². The topological polar surface area (TPSA) is 3.24 Å². The van der Waals surface area contributed by atoms with Crippen LogP contribution < -0.4 is 4.90 Å². The second-order valence-corrected chi connectivity index (χ2v) is 6.09. The molecule has 0 fully saturated rings. The number of hydrogen-bond acceptors (Lipinski definition) is 1. The van der Waals surface area contributed by atoms with Crippen LogP contribution in [0.1, 0.15) is 25.0 Å². The Kier molecular flexibility index (Phi) is 5.50. The second-order valence-electron chi connectivity index (χ2n) is 5.13. The van der Waals surface area contributed by atoms with Gasteiger partial charge < -0.3 is 4.90 Å². The molecule has 0 spiro atoms. The molecule has 1 nitrogen and oxygen atoms in total. The Morgan fingerprint density at radius 2 is 1.75 bits per heavy atom. The highest BCUT2D eigenvalue weighted by molar-refractivity contribution is 9.08. The molecule has 0 saturated heterocycles. The summed E-state index contributed by atoms with van der Waals surface area (Å²) in [4.78, 5) is 2.33. The summed E-state index contributed by atoms with van der Waals surface area (Å²) in [5.41, 5.74) is 3.58. The van der Waals surface area contributed by atoms with Crippen LogP contribution in [0.5, 0.6) is 0 Å². The van der Waals surface area contributed by atoms with Crippen molar-refractivity contribution in [3.63, 3.8) is 0 Å². The molecule has 0 radical (unpaired) electrons. The largest absolute Gasteiger partial charge is 0.364 e. The molecule has 0 amide bonds. The van der Waals surface area contributed by atoms with E-state index in [0.717, 1.165) is 22.6 Å². The van der Waals surface area contributed by atoms with Gasteiger partial charge in [-0.2, -0.15) is 0 Å². The monoisotopic (exact) mass is 351 g/mol. The Balaban J connectivity index is 2.29. The molecule has 20 heavy (non-hydrogen) atoms. The molecular weight excluding hydrogens is 334 g/mol. The van der Waals surface area contributed by atoms with Crippen LogP contribution in [0.4, 0.5) is 5.69 Å². The molecule has 0 aliphatic heterocycles. The Bertz CT molecular complexity index is 554. The van der Waals surface area contributed by atoms with E-state index in [4.69, 9.17) is 11.6 Å². The predicted molar refractivity (Wildman–Crippen MR) is 91.8 cm³/mol. The van der Waals surface area contributed by atoms with Gasteiger partial charge in [0.1, 0.15) is 0 Å². The molecule has 0 saturated carbocycles. The van der Waals surface area contributed by atoms with Crippen molar-refractivity contribution in [2.45, 2.75) is 31.8 Å². The van der Waals surface area contributed by atoms with Gasteiger partial charge in [-0.1, -0.05) is 63.9 Å². The summed E-state index contributed by atoms with van der Waals surface area (Å²) in [7, 11) is 0. The summed E-state index contributed by atoms with van der Waals surface area (Å²) in [6.45, 7) is 5.25. The van der Waals surface area contributed by atoms with Crippen LogP contribution in [0.3, 0.4) is 0 Å². The van der Waals surface area contributed by atoms with Gasteiger partial charge >= 0.3 is 0 Å². The minimum atomic E-state index is 0.391. The Morgan fingerprint density at radius 1 is 1.05 bits per heavy atom. The lowest BCUT2D eigenvalue weighted by molar-refractivity contribution is 0.682. The van der Waals surface area contributed by atoms with Crippen molar-refractivity contribution in [1.29, 1.82) is 0 Å². The summed E-state index contributed by atoms with van der Waals surface area (Å²) < 4.78 is 0. The van der Waals surface area contributed by atoms with Gasteiger partial charge in [-0.25, -0.2) is 0 Å². The van der Waals surface area contributed by atoms with Crippen LogP contribution in [0, 0.1) is 0 Å². The van der Waals surface area contributed by atoms with Gasteiger partial charge in [0.2, 0.25) is 0 Å². The van der Waals surface area contributed by atoms with Gasteiger partial charge in [0.25, 0.3) is 0 Å². The summed E-state index contributed by atoms with van der Waals surface area (Å²) in [5.74, 6) is 0. The highest BCUT2D eigenvalue weighted by atomic mass is 79.9. The third-order valence-corrected chi connectivity index (χ3v) is 4.25. The van der Waals surface area contributed by atoms with E-state index >= 15 is 0 Å². The average molecular weight is 353 g/mol. The molecular formula is C17H19BrClN. The molecule has 0 aromatic heterocycles. The number of alkyl halides is 1. The minimum Gasteiger partial charge on any atom is -0.364 e. The van der Waals surface area contributed by atoms with Crippen LogP contribution in [0.25, 0.3) is 0 Å². The van der Waals surface area contributed by atoms with Crippen molar-refractivity contribution in [3.05, 3.63) is 64.7 Å². The van der Waals surface area contributed by atoms with Gasteiger partial charge in [-0.15, -0.1) is 0 Å². The lowest BCUT2D eigenvalue weighted by Gasteiger charge is -2.30. The Hall–Kier alpha value is -0.990. The lowest BCUT2D eigenvalue weighted by Crippen LogP contribution is -2.30. The second kappa shape index (κ2) is 7.14. The summed E-state index contributed by atoms with van der Waals surface area (Å²) in [6, 6.07) is 17.1. The standard InChI is InChI=1S/C17H19BrClN/c1-13(2)20(12-14-6-4-3-5-7-14)17-9-8-15(11-18)10-16(17)19/h3-10,13H,11-12H2,1-2H3. The first-order chi connectivity index (χ1) is 9.61. The molecule has 0 N–H and O–H groups in total. The zero-order valence-corrected chi connectivity index (χ0v) is 14.2. The van der Waals surface area contributed by atoms with E-state index in [1.165, 1.54) is 11.1 Å². The molecule has 2 rings (SSSR count). The van der Waals surface area contributed by atoms with Crippen molar-refractivity contribution in [2.24, 2.45) is 0 Å². The SMILES string of the molecule is CC(C)N(Cc1ccccc1)c1ccc(CBr)cc1Cl. The van der Waals surface area contributed by atoms with Crippen molar-refractivity contribution in [2.75, 3.05) is 4.90 Å². The maximum atomic E-state index is 6.45. The molecule has 0 aliphatic rings. The zero-order chi connectivity index (χ0) is 14.5. The number of rotatable bonds is 5. The molecule has 3 heteroatoms. The first-order valence-electron chi connectivity index (χ1n) is 6.76. The van der Waals surface area contributed by atoms with Gasteiger partial charge in [-0.05, 0) is 37.1 Å². The smallest absolute Gasteiger partial charge is 0.0642 e. The molecule has 106 valence electrons. The maximum absolute atomic E-state index is 6.45. The molecule has 0 atom stereocenters. The Labute approximate surface area is 134 Å². The molecule has 0 aliphatic carbocycles. The van der Waals surface area contributed by atoms with E-state index in [1.807, 2.05) is 12.1 Å². The number of halogens is 2. The van der Waals surface area contributed by atoms with Crippen molar-refractivity contribution >= 4 is 33.2 Å². The fourth-order valence-electron chi connectivity index (χ4n) is 2.19. The zero-order valence-electron chi connectivity index (χ0n) is 11.8. The normalized spacial score (nSPS) is 10.8. The first-order valence-corrected chi connectivity index (χ1v) is 8.26. The number of hydrogen-bond donors (Lipinski definition) is 0. The number of anilines is 1. The van der Waals surface area contributed by atoms with E-state index in [2.05, 4.69) is 71.1 Å². The van der Waals surface area contributed by atoms with Gasteiger partial charge in [0, 0.05) is 17.9 Å². The highest BCUT2D eigenvalue weighted by Gasteiger charge is 2.14. The van der Waals surface area contributed by atoms with Gasteiger partial charge in [0.15, 0.2) is 0 Å². The lowest BCUT2D eigenvalue weighted by atomic mass is 10.1. The fourth-order valence-corrected chi connectivity index (χ4v) is 2.85. The van der Waals surface area contributed by atoms with Crippen LogP contribution in [-0.2, 0) is 11.9 Å². The van der Waals surface area contributed by atoms with E-state index < -0.39 is 0 Å². The quantitative estimate of drug-likeness (QED) is 0.628. The van der Waals surface area contributed by atoms with Crippen LogP contribution >= 0.6 is 27.5 Å². The molecule has 2 aromatic rings. The van der Waals surface area contributed by atoms with Crippen molar-refractivity contribution in [3.8, 4) is 0 Å². The van der Waals surface area contributed by atoms with Crippen LogP contribution in [0.15, 0.2) is 48.5 Å². The number of benzene rings is 2. The maximum Gasteiger partial charge on any atom is 0.0642 e. The molecule has 2 aromatic carbocycles. The van der Waals surface area contributed by atoms with E-state index in [1.54, 1.807) is 0 Å². The van der Waals surface area contributed by atoms with Crippen LogP contribution in [0.2, 0.25) is 5.02 Å². The Morgan fingerprint density at radius 3 is 2.30 bits per heavy atom. The summed E-state index contributed by atoms with van der Waals surface area (Å²) in [6.07, 6.45) is 0. The third kappa shape index (κ3) is 3.77. The fraction of sp³-hybridized carbons (Fsp3) is 0.294. The minimum absolute atomic E-state index is 0.391. The summed E-state index contributed by atoms with van der Waals surface area (Å²) >= 11 is 9.91. The van der Waals surface area contributed by atoms with E-state index in [9.17, 15) is 0 Å². The van der Waals surface area contributed by atoms with Crippen LogP contribution in [-0.4, -0.2) is 6.04 Å². The predicted octanol–water partition coefficient (Wildman–Crippen LogP) is 5.65. The highest BCUT2D eigenvalue weighted by Crippen LogP contribution is 2.30. The molecule has 0 heterocycles. The first kappa shape index (κ1) is 15.4. The van der Waals surface area contributed by atoms with Gasteiger partial charge in [0.05, 0.1) is 10.7 Å². The summed E-state index contributed by atoms with van der Waals surface area (Å²) in [5, 5.41) is 1.64. The molecule has 0 unspecified atom stereocenters. The molecule has 0 bridgehead atoms.